The Labute approximate surface area is 115 Å². The zero-order valence-corrected chi connectivity index (χ0v) is 11.8. The van der Waals surface area contributed by atoms with Gasteiger partial charge in [0.05, 0.1) is 0 Å². The Kier molecular flexibility index (Phi) is 6.25. The number of benzene rings is 1. The molecule has 1 aromatic carbocycles. The first-order valence-electron chi connectivity index (χ1n) is 6.31. The lowest BCUT2D eigenvalue weighted by atomic mass is 10.1. The predicted molar refractivity (Wildman–Crippen MR) is 78.0 cm³/mol. The summed E-state index contributed by atoms with van der Waals surface area (Å²) in [5, 5.41) is 8.69. The molecule has 0 amide bonds. The molecule has 0 saturated heterocycles. The van der Waals surface area contributed by atoms with Crippen molar-refractivity contribution < 1.29 is 9.90 Å². The molecule has 1 rings (SSSR count). The van der Waals surface area contributed by atoms with E-state index in [1.165, 1.54) is 6.08 Å². The van der Waals surface area contributed by atoms with Gasteiger partial charge in [-0.25, -0.2) is 4.79 Å². The molecule has 4 nitrogen and oxygen atoms in total. The third kappa shape index (κ3) is 6.18. The van der Waals surface area contributed by atoms with Crippen LogP contribution in [0.3, 0.4) is 0 Å². The Morgan fingerprint density at radius 1 is 1.21 bits per heavy atom. The predicted octanol–water partition coefficient (Wildman–Crippen LogP) is 1.78. The second-order valence-corrected chi connectivity index (χ2v) is 4.91. The van der Waals surface area contributed by atoms with Crippen molar-refractivity contribution in [1.29, 1.82) is 0 Å². The van der Waals surface area contributed by atoms with E-state index in [0.29, 0.717) is 0 Å². The fourth-order valence-electron chi connectivity index (χ4n) is 1.74. The molecular weight excluding hydrogens is 240 g/mol. The fourth-order valence-corrected chi connectivity index (χ4v) is 1.74. The number of aliphatic carboxylic acids is 1. The highest BCUT2D eigenvalue weighted by molar-refractivity contribution is 5.85. The average molecular weight is 262 g/mol. The maximum absolute atomic E-state index is 10.6. The van der Waals surface area contributed by atoms with Crippen molar-refractivity contribution >= 4 is 12.0 Å². The van der Waals surface area contributed by atoms with Crippen molar-refractivity contribution in [3.63, 3.8) is 0 Å². The highest BCUT2D eigenvalue weighted by Gasteiger charge is 2.04. The molecule has 1 N–H and O–H groups in total. The summed E-state index contributed by atoms with van der Waals surface area (Å²) in [6, 6.07) is 7.88. The highest BCUT2D eigenvalue weighted by Crippen LogP contribution is 2.12. The van der Waals surface area contributed by atoms with Crippen molar-refractivity contribution in [3.8, 4) is 0 Å². The van der Waals surface area contributed by atoms with E-state index < -0.39 is 5.97 Å². The van der Waals surface area contributed by atoms with Gasteiger partial charge in [-0.05, 0) is 38.3 Å². The van der Waals surface area contributed by atoms with Crippen LogP contribution in [0.4, 0.5) is 0 Å². The summed E-state index contributed by atoms with van der Waals surface area (Å²) in [6.45, 7) is 2.79. The molecule has 0 heterocycles. The van der Waals surface area contributed by atoms with E-state index in [0.717, 1.165) is 30.8 Å². The molecule has 104 valence electrons. The zero-order chi connectivity index (χ0) is 14.3. The summed E-state index contributed by atoms with van der Waals surface area (Å²) < 4.78 is 0. The third-order valence-corrected chi connectivity index (χ3v) is 2.83. The van der Waals surface area contributed by atoms with Crippen LogP contribution < -0.4 is 0 Å². The normalized spacial score (nSPS) is 11.6. The minimum Gasteiger partial charge on any atom is -0.478 e. The summed E-state index contributed by atoms with van der Waals surface area (Å²) in [7, 11) is 6.18. The van der Waals surface area contributed by atoms with Crippen LogP contribution in [0.1, 0.15) is 11.1 Å². The molecule has 1 aromatic rings. The van der Waals surface area contributed by atoms with E-state index in [9.17, 15) is 4.79 Å². The number of hydrogen-bond acceptors (Lipinski definition) is 3. The van der Waals surface area contributed by atoms with Crippen LogP contribution in [-0.4, -0.2) is 55.1 Å². The molecule has 0 aliphatic carbocycles. The molecule has 0 aliphatic heterocycles. The SMILES string of the molecule is CN(C)CCN(C)Cc1ccccc1C=CC(=O)O. The molecule has 0 unspecified atom stereocenters. The van der Waals surface area contributed by atoms with Crippen LogP contribution >= 0.6 is 0 Å². The van der Waals surface area contributed by atoms with Gasteiger partial charge in [-0.2, -0.15) is 0 Å². The van der Waals surface area contributed by atoms with E-state index in [1.54, 1.807) is 6.08 Å². The molecule has 4 heteroatoms. The van der Waals surface area contributed by atoms with Gasteiger partial charge in [0.15, 0.2) is 0 Å². The van der Waals surface area contributed by atoms with Crippen LogP contribution in [-0.2, 0) is 11.3 Å². The summed E-state index contributed by atoms with van der Waals surface area (Å²) >= 11 is 0. The van der Waals surface area contributed by atoms with Crippen LogP contribution in [0.25, 0.3) is 6.08 Å². The number of carbonyl (C=O) groups is 1. The first kappa shape index (κ1) is 15.4. The number of nitrogens with zero attached hydrogens (tertiary/aromatic N) is 2. The third-order valence-electron chi connectivity index (χ3n) is 2.83. The van der Waals surface area contributed by atoms with Crippen molar-refractivity contribution in [1.82, 2.24) is 9.80 Å². The van der Waals surface area contributed by atoms with E-state index in [1.807, 2.05) is 24.3 Å². The van der Waals surface area contributed by atoms with Gasteiger partial charge in [-0.3, -0.25) is 0 Å². The van der Waals surface area contributed by atoms with Gasteiger partial charge in [-0.1, -0.05) is 24.3 Å². The molecule has 0 spiro atoms. The molecule has 0 aliphatic rings. The van der Waals surface area contributed by atoms with E-state index in [4.69, 9.17) is 5.11 Å². The Morgan fingerprint density at radius 2 is 1.89 bits per heavy atom. The first-order chi connectivity index (χ1) is 8.99. The van der Waals surface area contributed by atoms with Crippen LogP contribution in [0, 0.1) is 0 Å². The maximum Gasteiger partial charge on any atom is 0.328 e. The minimum atomic E-state index is -0.921. The monoisotopic (exact) mass is 262 g/mol. The second-order valence-electron chi connectivity index (χ2n) is 4.91. The Bertz CT molecular complexity index is 442. The van der Waals surface area contributed by atoms with Crippen LogP contribution in [0.2, 0.25) is 0 Å². The van der Waals surface area contributed by atoms with Gasteiger partial charge in [0.1, 0.15) is 0 Å². The Morgan fingerprint density at radius 3 is 2.53 bits per heavy atom. The first-order valence-corrected chi connectivity index (χ1v) is 6.31. The van der Waals surface area contributed by atoms with Gasteiger partial charge in [0, 0.05) is 25.7 Å². The van der Waals surface area contributed by atoms with Crippen molar-refractivity contribution in [3.05, 3.63) is 41.5 Å². The maximum atomic E-state index is 10.6. The molecule has 0 saturated carbocycles. The van der Waals surface area contributed by atoms with Crippen molar-refractivity contribution in [2.45, 2.75) is 6.54 Å². The quantitative estimate of drug-likeness (QED) is 0.761. The van der Waals surface area contributed by atoms with Gasteiger partial charge in [0.25, 0.3) is 0 Å². The summed E-state index contributed by atoms with van der Waals surface area (Å²) in [4.78, 5) is 15.0. The molecule has 0 radical (unpaired) electrons. The fraction of sp³-hybridized carbons (Fsp3) is 0.400. The summed E-state index contributed by atoms with van der Waals surface area (Å²) in [5.41, 5.74) is 2.10. The summed E-state index contributed by atoms with van der Waals surface area (Å²) in [6.07, 6.45) is 2.83. The van der Waals surface area contributed by atoms with Crippen molar-refractivity contribution in [2.24, 2.45) is 0 Å². The Hall–Kier alpha value is -1.65. The lowest BCUT2D eigenvalue weighted by Gasteiger charge is -2.20. The number of hydrogen-bond donors (Lipinski definition) is 1. The summed E-state index contributed by atoms with van der Waals surface area (Å²) in [5.74, 6) is -0.921. The lowest BCUT2D eigenvalue weighted by molar-refractivity contribution is -0.131. The van der Waals surface area contributed by atoms with Gasteiger partial charge < -0.3 is 14.9 Å². The number of carboxylic acids is 1. The minimum absolute atomic E-state index is 0.813. The molecule has 0 bridgehead atoms. The second kappa shape index (κ2) is 7.71. The van der Waals surface area contributed by atoms with E-state index in [2.05, 4.69) is 30.9 Å². The van der Waals surface area contributed by atoms with Crippen LogP contribution in [0.15, 0.2) is 30.3 Å². The van der Waals surface area contributed by atoms with E-state index >= 15 is 0 Å². The smallest absolute Gasteiger partial charge is 0.328 e. The zero-order valence-electron chi connectivity index (χ0n) is 11.8. The molecule has 0 fully saturated rings. The van der Waals surface area contributed by atoms with Crippen molar-refractivity contribution in [2.75, 3.05) is 34.2 Å². The molecular formula is C15H22N2O2. The number of likely N-dealkylation sites (N-methyl/N-ethyl adjacent to an activating group) is 2. The van der Waals surface area contributed by atoms with E-state index in [-0.39, 0.29) is 0 Å². The topological polar surface area (TPSA) is 43.8 Å². The lowest BCUT2D eigenvalue weighted by Crippen LogP contribution is -2.28. The Balaban J connectivity index is 2.69. The van der Waals surface area contributed by atoms with Crippen LogP contribution in [0.5, 0.6) is 0 Å². The van der Waals surface area contributed by atoms with Gasteiger partial charge in [-0.15, -0.1) is 0 Å². The molecule has 19 heavy (non-hydrogen) atoms. The number of rotatable bonds is 7. The largest absolute Gasteiger partial charge is 0.478 e. The number of carboxylic acid groups (broad SMARTS) is 1. The standard InChI is InChI=1S/C15H22N2O2/c1-16(2)10-11-17(3)12-14-7-5-4-6-13(14)8-9-15(18)19/h4-9H,10-12H2,1-3H3,(H,18,19). The van der Waals surface area contributed by atoms with Gasteiger partial charge in [0.2, 0.25) is 0 Å². The van der Waals surface area contributed by atoms with Gasteiger partial charge >= 0.3 is 5.97 Å². The molecule has 0 atom stereocenters. The highest BCUT2D eigenvalue weighted by atomic mass is 16.4. The average Bonchev–Trinajstić information content (AvgIpc) is 2.35. The molecule has 0 aromatic heterocycles.